The lowest BCUT2D eigenvalue weighted by Gasteiger charge is -2.72. The summed E-state index contributed by atoms with van der Waals surface area (Å²) in [6.45, 7) is 20.2. The molecule has 5 aliphatic heterocycles. The number of aliphatic hydroxyl groups is 14. The molecule has 0 aromatic rings. The minimum absolute atomic E-state index is 0.0233. The van der Waals surface area contributed by atoms with E-state index in [4.69, 9.17) is 56.8 Å². The molecular weight excluding hydrogens is 1280 g/mol. The number of rotatable bonds is 17. The van der Waals surface area contributed by atoms with Gasteiger partial charge in [0.05, 0.1) is 43.5 Å². The molecule has 0 aromatic heterocycles. The minimum Gasteiger partial charge on any atom is -0.479 e. The van der Waals surface area contributed by atoms with Crippen molar-refractivity contribution in [1.29, 1.82) is 0 Å². The summed E-state index contributed by atoms with van der Waals surface area (Å²) < 4.78 is 74.7. The molecule has 0 spiro atoms. The smallest absolute Gasteiger partial charge is 0.335 e. The fourth-order valence-electron chi connectivity index (χ4n) is 19.0. The van der Waals surface area contributed by atoms with Crippen molar-refractivity contribution in [3.05, 3.63) is 23.3 Å². The highest BCUT2D eigenvalue weighted by Gasteiger charge is 2.73. The van der Waals surface area contributed by atoms with Crippen molar-refractivity contribution in [2.45, 2.75) is 306 Å². The summed E-state index contributed by atoms with van der Waals surface area (Å²) in [6, 6.07) is 0. The second kappa shape index (κ2) is 28.5. The standard InChI is InChI=1S/C67H106O30/c1-13-26(2)56(85)91-37-21-62(6,7)20-31-30-14-15-35-64(10)18-17-36(63(8,9)34(64)16-19-65(35,11)66(30,12)22-38(88-29(5)71)67(31,37)25-70)92-61-54(97-58-48(81)44(77)41(74)32(23-68)89-58)50(49(82)51(94-61)55(83)84)93-60-53(46(79)42(75)33(24-69)90-60)96-59-52(45(78)40(73)28(4)87-59)95-57-47(80)43(76)39(72)27(3)86-57/h13-14,27-28,31-54,57-61,68-70,72-82H,15-25H2,1-12H3,(H,83,84)/b26-13+/t27-,28-,31-,32+,33+,34-,35+,36-,37-,38+,39-,40-,41-,42-,43+,44-,45+,46-,47+,48+,49-,50-,51-,52+,53+,54+,57-,58-,59-,60-,61+,64-,65+,66+,67+/m0/s1. The minimum atomic E-state index is -2.35. The lowest BCUT2D eigenvalue weighted by molar-refractivity contribution is -0.412. The van der Waals surface area contributed by atoms with Gasteiger partial charge in [-0.25, -0.2) is 9.59 Å². The molecule has 15 N–H and O–H groups in total. The summed E-state index contributed by atoms with van der Waals surface area (Å²) in [7, 11) is 0. The zero-order valence-corrected chi connectivity index (χ0v) is 57.2. The summed E-state index contributed by atoms with van der Waals surface area (Å²) in [5.74, 6) is -3.34. The third-order valence-corrected chi connectivity index (χ3v) is 24.8. The van der Waals surface area contributed by atoms with Gasteiger partial charge in [0, 0.05) is 12.5 Å². The van der Waals surface area contributed by atoms with Gasteiger partial charge < -0.3 is 133 Å². The fourth-order valence-corrected chi connectivity index (χ4v) is 19.0. The number of hydrogen-bond donors (Lipinski definition) is 15. The number of ether oxygens (including phenoxy) is 12. The molecule has 0 aromatic carbocycles. The Kier molecular flexibility index (Phi) is 22.5. The fraction of sp³-hybridized carbons (Fsp3) is 0.896. The van der Waals surface area contributed by atoms with E-state index in [2.05, 4.69) is 40.7 Å². The quantitative estimate of drug-likeness (QED) is 0.0339. The van der Waals surface area contributed by atoms with Crippen LogP contribution in [0.3, 0.4) is 0 Å². The van der Waals surface area contributed by atoms with Crippen LogP contribution in [0.15, 0.2) is 23.3 Å². The number of carboxylic acid groups (broad SMARTS) is 1. The number of esters is 2. The molecule has 5 saturated heterocycles. The Hall–Kier alpha value is -3.07. The van der Waals surface area contributed by atoms with Gasteiger partial charge in [-0.3, -0.25) is 4.79 Å². The number of carboxylic acids is 1. The van der Waals surface area contributed by atoms with Crippen LogP contribution in [0.2, 0.25) is 0 Å². The lowest BCUT2D eigenvalue weighted by Crippen LogP contribution is -2.70. The number of hydrogen-bond acceptors (Lipinski definition) is 29. The predicted molar refractivity (Wildman–Crippen MR) is 329 cm³/mol. The van der Waals surface area contributed by atoms with Gasteiger partial charge in [-0.15, -0.1) is 0 Å². The summed E-state index contributed by atoms with van der Waals surface area (Å²) in [6.07, 6.45) is -42.4. The molecule has 10 rings (SSSR count). The van der Waals surface area contributed by atoms with Crippen LogP contribution >= 0.6 is 0 Å². The molecule has 4 saturated carbocycles. The second-order valence-corrected chi connectivity index (χ2v) is 31.3. The topological polar surface area (TPSA) is 465 Å². The van der Waals surface area contributed by atoms with Crippen LogP contribution in [0.25, 0.3) is 0 Å². The van der Waals surface area contributed by atoms with Gasteiger partial charge in [0.15, 0.2) is 37.6 Å². The van der Waals surface area contributed by atoms with E-state index < -0.39 is 237 Å². The van der Waals surface area contributed by atoms with E-state index in [1.54, 1.807) is 19.9 Å². The number of carbonyl (C=O) groups is 3. The molecule has 0 unspecified atom stereocenters. The van der Waals surface area contributed by atoms with Crippen LogP contribution in [-0.2, 0) is 71.2 Å². The number of fused-ring (bicyclic) bond motifs is 7. The zero-order valence-electron chi connectivity index (χ0n) is 57.2. The first-order chi connectivity index (χ1) is 45.3. The van der Waals surface area contributed by atoms with Gasteiger partial charge in [0.1, 0.15) is 116 Å². The van der Waals surface area contributed by atoms with Crippen molar-refractivity contribution in [3.8, 4) is 0 Å². The second-order valence-electron chi connectivity index (χ2n) is 31.3. The highest BCUT2D eigenvalue weighted by Crippen LogP contribution is 2.76. The molecule has 30 nitrogen and oxygen atoms in total. The number of aliphatic carboxylic acids is 1. The summed E-state index contributed by atoms with van der Waals surface area (Å²) in [5, 5.41) is 167. The first-order valence-corrected chi connectivity index (χ1v) is 34.1. The Bertz CT molecular complexity index is 2860. The third-order valence-electron chi connectivity index (χ3n) is 24.8. The molecule has 5 aliphatic carbocycles. The normalized spacial score (nSPS) is 51.3. The number of aliphatic hydroxyl groups excluding tert-OH is 14. The van der Waals surface area contributed by atoms with E-state index in [9.17, 15) is 91.0 Å². The van der Waals surface area contributed by atoms with E-state index in [1.807, 2.05) is 13.8 Å². The van der Waals surface area contributed by atoms with Crippen LogP contribution in [0, 0.1) is 50.2 Å². The number of carbonyl (C=O) groups excluding carboxylic acids is 2. The molecule has 97 heavy (non-hydrogen) atoms. The van der Waals surface area contributed by atoms with E-state index in [-0.39, 0.29) is 29.6 Å². The van der Waals surface area contributed by atoms with Crippen molar-refractivity contribution in [2.75, 3.05) is 19.8 Å². The van der Waals surface area contributed by atoms with Gasteiger partial charge >= 0.3 is 17.9 Å². The van der Waals surface area contributed by atoms with Crippen LogP contribution in [0.1, 0.15) is 134 Å². The van der Waals surface area contributed by atoms with Gasteiger partial charge in [-0.2, -0.15) is 0 Å². The van der Waals surface area contributed by atoms with Crippen molar-refractivity contribution >= 4 is 17.9 Å². The van der Waals surface area contributed by atoms with E-state index in [0.717, 1.165) is 5.57 Å². The largest absolute Gasteiger partial charge is 0.479 e. The average molecular weight is 1390 g/mol. The maximum atomic E-state index is 13.7. The molecule has 0 radical (unpaired) electrons. The summed E-state index contributed by atoms with van der Waals surface area (Å²) >= 11 is 0. The maximum Gasteiger partial charge on any atom is 0.335 e. The third kappa shape index (κ3) is 13.2. The van der Waals surface area contributed by atoms with Crippen LogP contribution in [0.5, 0.6) is 0 Å². The van der Waals surface area contributed by atoms with Gasteiger partial charge in [0.25, 0.3) is 0 Å². The summed E-state index contributed by atoms with van der Waals surface area (Å²) in [5.41, 5.74) is -2.40. The highest BCUT2D eigenvalue weighted by molar-refractivity contribution is 5.87. The van der Waals surface area contributed by atoms with Crippen LogP contribution in [0.4, 0.5) is 0 Å². The molecule has 5 heterocycles. The van der Waals surface area contributed by atoms with Gasteiger partial charge in [-0.05, 0) is 124 Å². The Labute approximate surface area is 563 Å². The Morgan fingerprint density at radius 2 is 1.04 bits per heavy atom. The molecule has 35 atom stereocenters. The van der Waals surface area contributed by atoms with Gasteiger partial charge in [0.2, 0.25) is 0 Å². The molecule has 0 amide bonds. The molecule has 9 fully saturated rings. The molecule has 10 aliphatic rings. The Balaban J connectivity index is 0.987. The van der Waals surface area contributed by atoms with Crippen molar-refractivity contribution < 1.29 is 148 Å². The monoisotopic (exact) mass is 1390 g/mol. The van der Waals surface area contributed by atoms with Crippen LogP contribution < -0.4 is 0 Å². The van der Waals surface area contributed by atoms with E-state index in [1.165, 1.54) is 20.8 Å². The van der Waals surface area contributed by atoms with Crippen LogP contribution in [-0.4, -0.2) is 286 Å². The lowest BCUT2D eigenvalue weighted by atomic mass is 9.33. The molecule has 554 valence electrons. The average Bonchev–Trinajstić information content (AvgIpc) is 0.669. The zero-order chi connectivity index (χ0) is 71.5. The van der Waals surface area contributed by atoms with Crippen molar-refractivity contribution in [3.63, 3.8) is 0 Å². The first kappa shape index (κ1) is 76.6. The Morgan fingerprint density at radius 3 is 1.63 bits per heavy atom. The Morgan fingerprint density at radius 1 is 0.536 bits per heavy atom. The van der Waals surface area contributed by atoms with E-state index >= 15 is 0 Å². The highest BCUT2D eigenvalue weighted by atomic mass is 16.8. The van der Waals surface area contributed by atoms with Crippen molar-refractivity contribution in [1.82, 2.24) is 0 Å². The summed E-state index contributed by atoms with van der Waals surface area (Å²) in [4.78, 5) is 40.5. The molecular formula is C67H106O30. The van der Waals surface area contributed by atoms with Crippen molar-refractivity contribution in [2.24, 2.45) is 50.2 Å². The van der Waals surface area contributed by atoms with Gasteiger partial charge in [-0.1, -0.05) is 66.2 Å². The SMILES string of the molecule is C/C=C(\C)C(=O)O[C@H]1CC(C)(C)C[C@H]2C3=CC[C@@H]4[C@@]5(C)CC[C@H](O[C@@H]6O[C@H](C(=O)O)[C@@H](O)[C@H](O[C@@H]7O[C@H](CO)[C@H](O)[C@H](O)[C@H]7O[C@@H]7O[C@@H](C)[C@H](O)[C@@H](O)[C@H]7O[C@@H]7O[C@@H](C)[C@H](O)[C@@H](O)[C@H]7O)[C@H]6O[C@@H]6O[C@H](CO)[C@H](O)[C@H](O)[C@H]6O)C(C)(C)[C@@H]5CC[C@@]4(C)[C@]3(C)C[C@@H](OC(C)=O)[C@@]12CO. The molecule has 0 bridgehead atoms. The molecule has 30 heteroatoms. The predicted octanol–water partition coefficient (Wildman–Crippen LogP) is -1.56. The maximum absolute atomic E-state index is 13.7. The first-order valence-electron chi connectivity index (χ1n) is 34.1. The number of allylic oxidation sites excluding steroid dienone is 3. The van der Waals surface area contributed by atoms with E-state index in [0.29, 0.717) is 50.5 Å².